The predicted octanol–water partition coefficient (Wildman–Crippen LogP) is 3.12. The van der Waals surface area contributed by atoms with Gasteiger partial charge in [0.25, 0.3) is 0 Å². The van der Waals surface area contributed by atoms with Crippen LogP contribution < -0.4 is 0 Å². The summed E-state index contributed by atoms with van der Waals surface area (Å²) < 4.78 is 0. The van der Waals surface area contributed by atoms with Gasteiger partial charge in [-0.15, -0.1) is 0 Å². The lowest BCUT2D eigenvalue weighted by atomic mass is 10.0. The number of benzene rings is 1. The average Bonchev–Trinajstić information content (AvgIpc) is 2.32. The lowest BCUT2D eigenvalue weighted by Gasteiger charge is -2.04. The van der Waals surface area contributed by atoms with Gasteiger partial charge in [-0.1, -0.05) is 29.8 Å². The van der Waals surface area contributed by atoms with Crippen LogP contribution in [0.15, 0.2) is 42.7 Å². The van der Waals surface area contributed by atoms with Gasteiger partial charge >= 0.3 is 0 Å². The van der Waals surface area contributed by atoms with Crippen molar-refractivity contribution < 1.29 is 4.79 Å². The van der Waals surface area contributed by atoms with E-state index in [1.807, 2.05) is 44.2 Å². The first kappa shape index (κ1) is 11.5. The molecule has 1 heterocycles. The number of carbonyl (C=O) groups excluding carboxylic acids is 1. The van der Waals surface area contributed by atoms with E-state index in [1.165, 1.54) is 5.56 Å². The van der Waals surface area contributed by atoms with Crippen LogP contribution in [0.25, 0.3) is 0 Å². The molecule has 86 valence electrons. The van der Waals surface area contributed by atoms with Crippen molar-refractivity contribution >= 4 is 5.78 Å². The fourth-order valence-corrected chi connectivity index (χ4v) is 1.74. The number of carbonyl (C=O) groups is 1. The number of aromatic nitrogens is 1. The zero-order valence-electron chi connectivity index (χ0n) is 10.1. The van der Waals surface area contributed by atoms with Crippen molar-refractivity contribution in [2.24, 2.45) is 0 Å². The minimum Gasteiger partial charge on any atom is -0.294 e. The molecule has 1 aromatic heterocycles. The maximum atomic E-state index is 12.1. The van der Waals surface area contributed by atoms with Crippen molar-refractivity contribution in [1.29, 1.82) is 0 Å². The molecule has 0 saturated carbocycles. The summed E-state index contributed by atoms with van der Waals surface area (Å²) >= 11 is 0. The van der Waals surface area contributed by atoms with Gasteiger partial charge in [-0.25, -0.2) is 0 Å². The van der Waals surface area contributed by atoms with Crippen molar-refractivity contribution in [2.45, 2.75) is 20.3 Å². The summed E-state index contributed by atoms with van der Waals surface area (Å²) in [4.78, 5) is 16.1. The largest absolute Gasteiger partial charge is 0.294 e. The highest BCUT2D eigenvalue weighted by Gasteiger charge is 2.09. The fourth-order valence-electron chi connectivity index (χ4n) is 1.74. The lowest BCUT2D eigenvalue weighted by molar-refractivity contribution is 0.0992. The molecular formula is C15H15NO. The number of hydrogen-bond donors (Lipinski definition) is 0. The zero-order chi connectivity index (χ0) is 12.3. The summed E-state index contributed by atoms with van der Waals surface area (Å²) in [5, 5.41) is 0. The van der Waals surface area contributed by atoms with E-state index < -0.39 is 0 Å². The standard InChI is InChI=1S/C15H15NO/c1-11-3-5-13(6-4-11)9-15(17)14-10-16-8-7-12(14)2/h3-8,10H,9H2,1-2H3. The molecule has 0 aliphatic rings. The van der Waals surface area contributed by atoms with E-state index in [9.17, 15) is 4.79 Å². The molecule has 0 amide bonds. The van der Waals surface area contributed by atoms with Gasteiger partial charge in [0.2, 0.25) is 0 Å². The Labute approximate surface area is 101 Å². The molecule has 1 aromatic carbocycles. The van der Waals surface area contributed by atoms with E-state index >= 15 is 0 Å². The molecule has 2 heteroatoms. The minimum atomic E-state index is 0.124. The normalized spacial score (nSPS) is 10.2. The Morgan fingerprint density at radius 2 is 1.82 bits per heavy atom. The molecule has 2 rings (SSSR count). The van der Waals surface area contributed by atoms with Gasteiger partial charge in [0.1, 0.15) is 0 Å². The first-order valence-corrected chi connectivity index (χ1v) is 5.66. The molecule has 0 N–H and O–H groups in total. The van der Waals surface area contributed by atoms with E-state index in [4.69, 9.17) is 0 Å². The molecule has 2 aromatic rings. The second-order valence-electron chi connectivity index (χ2n) is 4.28. The molecule has 0 radical (unpaired) electrons. The Bertz CT molecular complexity index is 529. The molecule has 17 heavy (non-hydrogen) atoms. The minimum absolute atomic E-state index is 0.124. The summed E-state index contributed by atoms with van der Waals surface area (Å²) in [7, 11) is 0. The van der Waals surface area contributed by atoms with Gasteiger partial charge in [0.15, 0.2) is 5.78 Å². The third-order valence-corrected chi connectivity index (χ3v) is 2.82. The Balaban J connectivity index is 2.17. The van der Waals surface area contributed by atoms with Crippen molar-refractivity contribution in [3.05, 3.63) is 65.0 Å². The summed E-state index contributed by atoms with van der Waals surface area (Å²) in [5.41, 5.74) is 3.95. The number of ketones is 1. The molecule has 0 saturated heterocycles. The first-order valence-electron chi connectivity index (χ1n) is 5.66. The zero-order valence-corrected chi connectivity index (χ0v) is 10.1. The smallest absolute Gasteiger partial charge is 0.169 e. The van der Waals surface area contributed by atoms with E-state index in [0.29, 0.717) is 12.0 Å². The van der Waals surface area contributed by atoms with Crippen molar-refractivity contribution in [2.75, 3.05) is 0 Å². The van der Waals surface area contributed by atoms with Crippen molar-refractivity contribution in [1.82, 2.24) is 4.98 Å². The van der Waals surface area contributed by atoms with E-state index in [-0.39, 0.29) is 5.78 Å². The number of hydrogen-bond acceptors (Lipinski definition) is 2. The van der Waals surface area contributed by atoms with Crippen LogP contribution in [0, 0.1) is 13.8 Å². The van der Waals surface area contributed by atoms with Gasteiger partial charge in [0.05, 0.1) is 0 Å². The molecule has 0 unspecified atom stereocenters. The molecular weight excluding hydrogens is 210 g/mol. The summed E-state index contributed by atoms with van der Waals surface area (Å²) in [6.07, 6.45) is 3.79. The van der Waals surface area contributed by atoms with Gasteiger partial charge in [-0.3, -0.25) is 9.78 Å². The van der Waals surface area contributed by atoms with Crippen molar-refractivity contribution in [3.8, 4) is 0 Å². The quantitative estimate of drug-likeness (QED) is 0.751. The number of Topliss-reactive ketones (excluding diaryl/α,β-unsaturated/α-hetero) is 1. The number of rotatable bonds is 3. The first-order chi connectivity index (χ1) is 8.16. The Morgan fingerprint density at radius 3 is 2.47 bits per heavy atom. The average molecular weight is 225 g/mol. The molecule has 0 spiro atoms. The van der Waals surface area contributed by atoms with Crippen molar-refractivity contribution in [3.63, 3.8) is 0 Å². The Kier molecular flexibility index (Phi) is 3.33. The van der Waals surface area contributed by atoms with Crippen LogP contribution in [0.2, 0.25) is 0 Å². The highest BCUT2D eigenvalue weighted by atomic mass is 16.1. The van der Waals surface area contributed by atoms with Gasteiger partial charge in [-0.05, 0) is 31.0 Å². The SMILES string of the molecule is Cc1ccc(CC(=O)c2cnccc2C)cc1. The van der Waals surface area contributed by atoms with Gasteiger partial charge < -0.3 is 0 Å². The fraction of sp³-hybridized carbons (Fsp3) is 0.200. The molecule has 0 atom stereocenters. The topological polar surface area (TPSA) is 30.0 Å². The number of pyridine rings is 1. The van der Waals surface area contributed by atoms with Crippen LogP contribution >= 0.6 is 0 Å². The second kappa shape index (κ2) is 4.91. The monoisotopic (exact) mass is 225 g/mol. The van der Waals surface area contributed by atoms with E-state index in [0.717, 1.165) is 11.1 Å². The maximum Gasteiger partial charge on any atom is 0.169 e. The van der Waals surface area contributed by atoms with Gasteiger partial charge in [-0.2, -0.15) is 0 Å². The number of aryl methyl sites for hydroxylation is 2. The molecule has 0 bridgehead atoms. The van der Waals surface area contributed by atoms with Crippen LogP contribution in [0.3, 0.4) is 0 Å². The summed E-state index contributed by atoms with van der Waals surface area (Å²) in [6.45, 7) is 3.97. The predicted molar refractivity (Wildman–Crippen MR) is 68.2 cm³/mol. The van der Waals surface area contributed by atoms with Crippen LogP contribution in [-0.4, -0.2) is 10.8 Å². The van der Waals surface area contributed by atoms with Crippen LogP contribution in [-0.2, 0) is 6.42 Å². The van der Waals surface area contributed by atoms with Crippen LogP contribution in [0.4, 0.5) is 0 Å². The highest BCUT2D eigenvalue weighted by Crippen LogP contribution is 2.11. The third-order valence-electron chi connectivity index (χ3n) is 2.82. The van der Waals surface area contributed by atoms with E-state index in [1.54, 1.807) is 12.4 Å². The summed E-state index contributed by atoms with van der Waals surface area (Å²) in [5.74, 6) is 0.124. The van der Waals surface area contributed by atoms with Crippen LogP contribution in [0.5, 0.6) is 0 Å². The maximum absolute atomic E-state index is 12.1. The Hall–Kier alpha value is -1.96. The molecule has 0 fully saturated rings. The molecule has 0 aliphatic heterocycles. The van der Waals surface area contributed by atoms with Crippen LogP contribution in [0.1, 0.15) is 27.0 Å². The van der Waals surface area contributed by atoms with E-state index in [2.05, 4.69) is 4.98 Å². The Morgan fingerprint density at radius 1 is 1.12 bits per heavy atom. The third kappa shape index (κ3) is 2.78. The molecule has 2 nitrogen and oxygen atoms in total. The molecule has 0 aliphatic carbocycles. The second-order valence-corrected chi connectivity index (χ2v) is 4.28. The lowest BCUT2D eigenvalue weighted by Crippen LogP contribution is -2.06. The summed E-state index contributed by atoms with van der Waals surface area (Å²) in [6, 6.07) is 9.91. The van der Waals surface area contributed by atoms with Gasteiger partial charge in [0, 0.05) is 24.4 Å². The highest BCUT2D eigenvalue weighted by molar-refractivity contribution is 5.98. The number of nitrogens with zero attached hydrogens (tertiary/aromatic N) is 1.